The molecule has 2 amide bonds. The number of ether oxygens (including phenoxy) is 2. The summed E-state index contributed by atoms with van der Waals surface area (Å²) < 4.78 is 13.0. The van der Waals surface area contributed by atoms with E-state index in [-0.39, 0.29) is 18.2 Å². The SMILES string of the molecule is Cn1cccc1C1CCCN1C(=O)NCC1COCCO1. The fourth-order valence-electron chi connectivity index (χ4n) is 3.09. The van der Waals surface area contributed by atoms with Gasteiger partial charge in [0.2, 0.25) is 0 Å². The van der Waals surface area contributed by atoms with Crippen LogP contribution in [0.4, 0.5) is 4.79 Å². The van der Waals surface area contributed by atoms with Crippen LogP contribution in [0.3, 0.4) is 0 Å². The van der Waals surface area contributed by atoms with Gasteiger partial charge in [0.25, 0.3) is 0 Å². The van der Waals surface area contributed by atoms with E-state index in [1.807, 2.05) is 24.2 Å². The molecule has 2 fully saturated rings. The van der Waals surface area contributed by atoms with Crippen molar-refractivity contribution < 1.29 is 14.3 Å². The number of carbonyl (C=O) groups excluding carboxylic acids is 1. The largest absolute Gasteiger partial charge is 0.376 e. The number of carbonyl (C=O) groups is 1. The molecule has 6 heteroatoms. The third-order valence-corrected chi connectivity index (χ3v) is 4.20. The summed E-state index contributed by atoms with van der Waals surface area (Å²) >= 11 is 0. The molecule has 0 radical (unpaired) electrons. The quantitative estimate of drug-likeness (QED) is 0.913. The normalized spacial score (nSPS) is 26.0. The van der Waals surface area contributed by atoms with Gasteiger partial charge in [-0.2, -0.15) is 0 Å². The maximum Gasteiger partial charge on any atom is 0.318 e. The van der Waals surface area contributed by atoms with Crippen LogP contribution in [0.1, 0.15) is 24.6 Å². The Morgan fingerprint density at radius 2 is 2.38 bits per heavy atom. The molecule has 21 heavy (non-hydrogen) atoms. The minimum absolute atomic E-state index is 0.00660. The second-order valence-corrected chi connectivity index (χ2v) is 5.65. The number of nitrogens with zero attached hydrogens (tertiary/aromatic N) is 2. The molecule has 1 aromatic rings. The van der Waals surface area contributed by atoms with E-state index >= 15 is 0 Å². The molecule has 0 spiro atoms. The van der Waals surface area contributed by atoms with Gasteiger partial charge in [0, 0.05) is 32.0 Å². The van der Waals surface area contributed by atoms with Crippen molar-refractivity contribution in [3.8, 4) is 0 Å². The second-order valence-electron chi connectivity index (χ2n) is 5.65. The van der Waals surface area contributed by atoms with E-state index in [0.717, 1.165) is 19.4 Å². The van der Waals surface area contributed by atoms with E-state index < -0.39 is 0 Å². The minimum atomic E-state index is -0.0289. The summed E-state index contributed by atoms with van der Waals surface area (Å²) in [4.78, 5) is 14.3. The number of likely N-dealkylation sites (tertiary alicyclic amines) is 1. The van der Waals surface area contributed by atoms with Gasteiger partial charge in [-0.3, -0.25) is 0 Å². The van der Waals surface area contributed by atoms with Crippen molar-refractivity contribution in [3.63, 3.8) is 0 Å². The molecule has 6 nitrogen and oxygen atoms in total. The summed E-state index contributed by atoms with van der Waals surface area (Å²) in [5, 5.41) is 2.98. The van der Waals surface area contributed by atoms with Crippen molar-refractivity contribution in [2.45, 2.75) is 25.0 Å². The zero-order valence-corrected chi connectivity index (χ0v) is 12.5. The van der Waals surface area contributed by atoms with Crippen LogP contribution in [-0.2, 0) is 16.5 Å². The molecular formula is C15H23N3O3. The Morgan fingerprint density at radius 1 is 1.48 bits per heavy atom. The minimum Gasteiger partial charge on any atom is -0.376 e. The van der Waals surface area contributed by atoms with E-state index in [1.54, 1.807) is 0 Å². The summed E-state index contributed by atoms with van der Waals surface area (Å²) in [6.07, 6.45) is 4.07. The lowest BCUT2D eigenvalue weighted by molar-refractivity contribution is -0.0856. The number of nitrogens with one attached hydrogen (secondary N) is 1. The molecule has 0 aliphatic carbocycles. The molecule has 3 rings (SSSR count). The van der Waals surface area contributed by atoms with Crippen LogP contribution >= 0.6 is 0 Å². The van der Waals surface area contributed by atoms with Gasteiger partial charge in [-0.05, 0) is 25.0 Å². The van der Waals surface area contributed by atoms with Crippen molar-refractivity contribution >= 4 is 6.03 Å². The summed E-state index contributed by atoms with van der Waals surface area (Å²) in [6, 6.07) is 4.28. The van der Waals surface area contributed by atoms with Crippen LogP contribution in [0.15, 0.2) is 18.3 Å². The van der Waals surface area contributed by atoms with Gasteiger partial charge in [0.1, 0.15) is 0 Å². The first-order chi connectivity index (χ1) is 10.3. The Balaban J connectivity index is 1.57. The monoisotopic (exact) mass is 293 g/mol. The number of aryl methyl sites for hydroxylation is 1. The lowest BCUT2D eigenvalue weighted by Crippen LogP contribution is -2.45. The van der Waals surface area contributed by atoms with Crippen LogP contribution in [-0.4, -0.2) is 54.5 Å². The van der Waals surface area contributed by atoms with Crippen LogP contribution in [0.25, 0.3) is 0 Å². The van der Waals surface area contributed by atoms with Gasteiger partial charge in [-0.1, -0.05) is 0 Å². The molecule has 2 unspecified atom stereocenters. The lowest BCUT2D eigenvalue weighted by atomic mass is 10.1. The molecular weight excluding hydrogens is 270 g/mol. The summed E-state index contributed by atoms with van der Waals surface area (Å²) in [5.74, 6) is 0. The highest BCUT2D eigenvalue weighted by Gasteiger charge is 2.31. The van der Waals surface area contributed by atoms with Crippen molar-refractivity contribution in [1.82, 2.24) is 14.8 Å². The van der Waals surface area contributed by atoms with E-state index in [1.165, 1.54) is 5.69 Å². The van der Waals surface area contributed by atoms with Crippen LogP contribution < -0.4 is 5.32 Å². The first kappa shape index (κ1) is 14.4. The van der Waals surface area contributed by atoms with E-state index in [4.69, 9.17) is 9.47 Å². The Hall–Kier alpha value is -1.53. The number of hydrogen-bond acceptors (Lipinski definition) is 3. The number of rotatable bonds is 3. The topological polar surface area (TPSA) is 55.7 Å². The fraction of sp³-hybridized carbons (Fsp3) is 0.667. The highest BCUT2D eigenvalue weighted by molar-refractivity contribution is 5.75. The van der Waals surface area contributed by atoms with E-state index in [2.05, 4.69) is 16.0 Å². The van der Waals surface area contributed by atoms with Crippen LogP contribution in [0, 0.1) is 0 Å². The number of amides is 2. The smallest absolute Gasteiger partial charge is 0.318 e. The predicted molar refractivity (Wildman–Crippen MR) is 78.1 cm³/mol. The van der Waals surface area contributed by atoms with Crippen LogP contribution in [0.5, 0.6) is 0 Å². The van der Waals surface area contributed by atoms with Crippen molar-refractivity contribution in [1.29, 1.82) is 0 Å². The molecule has 0 aromatic carbocycles. The van der Waals surface area contributed by atoms with Crippen molar-refractivity contribution in [3.05, 3.63) is 24.0 Å². The van der Waals surface area contributed by atoms with Gasteiger partial charge < -0.3 is 24.3 Å². The van der Waals surface area contributed by atoms with E-state index in [0.29, 0.717) is 26.4 Å². The molecule has 2 atom stereocenters. The predicted octanol–water partition coefficient (Wildman–Crippen LogP) is 1.29. The van der Waals surface area contributed by atoms with Gasteiger partial charge in [-0.25, -0.2) is 4.79 Å². The van der Waals surface area contributed by atoms with Gasteiger partial charge >= 0.3 is 6.03 Å². The molecule has 0 saturated carbocycles. The molecule has 2 aliphatic heterocycles. The zero-order valence-electron chi connectivity index (χ0n) is 12.5. The maximum atomic E-state index is 12.4. The Morgan fingerprint density at radius 3 is 3.10 bits per heavy atom. The third-order valence-electron chi connectivity index (χ3n) is 4.20. The average Bonchev–Trinajstić information content (AvgIpc) is 3.14. The zero-order chi connectivity index (χ0) is 14.7. The second kappa shape index (κ2) is 6.49. The highest BCUT2D eigenvalue weighted by atomic mass is 16.6. The van der Waals surface area contributed by atoms with Gasteiger partial charge in [0.15, 0.2) is 0 Å². The number of hydrogen-bond donors (Lipinski definition) is 1. The molecule has 0 bridgehead atoms. The Labute approximate surface area is 125 Å². The summed E-state index contributed by atoms with van der Waals surface area (Å²) in [7, 11) is 2.02. The summed E-state index contributed by atoms with van der Waals surface area (Å²) in [5.41, 5.74) is 1.19. The summed E-state index contributed by atoms with van der Waals surface area (Å²) in [6.45, 7) is 3.13. The fourth-order valence-corrected chi connectivity index (χ4v) is 3.09. The number of urea groups is 1. The lowest BCUT2D eigenvalue weighted by Gasteiger charge is -2.28. The van der Waals surface area contributed by atoms with Crippen molar-refractivity contribution in [2.24, 2.45) is 7.05 Å². The van der Waals surface area contributed by atoms with E-state index in [9.17, 15) is 4.79 Å². The molecule has 2 saturated heterocycles. The first-order valence-corrected chi connectivity index (χ1v) is 7.61. The number of aromatic nitrogens is 1. The van der Waals surface area contributed by atoms with Crippen LogP contribution in [0.2, 0.25) is 0 Å². The van der Waals surface area contributed by atoms with Gasteiger partial charge in [-0.15, -0.1) is 0 Å². The molecule has 1 aromatic heterocycles. The highest BCUT2D eigenvalue weighted by Crippen LogP contribution is 2.31. The first-order valence-electron chi connectivity index (χ1n) is 7.61. The van der Waals surface area contributed by atoms with Crippen molar-refractivity contribution in [2.75, 3.05) is 32.9 Å². The standard InChI is InChI=1S/C15H23N3O3/c1-17-6-2-4-13(17)14-5-3-7-18(14)15(19)16-10-12-11-20-8-9-21-12/h2,4,6,12,14H,3,5,7-11H2,1H3,(H,16,19). The molecule has 1 N–H and O–H groups in total. The Kier molecular flexibility index (Phi) is 4.45. The maximum absolute atomic E-state index is 12.4. The Bertz CT molecular complexity index is 482. The molecule has 2 aliphatic rings. The van der Waals surface area contributed by atoms with Gasteiger partial charge in [0.05, 0.1) is 32.0 Å². The molecule has 3 heterocycles. The average molecular weight is 293 g/mol. The molecule has 116 valence electrons. The third kappa shape index (κ3) is 3.22.